The molecule has 1 atom stereocenters. The summed E-state index contributed by atoms with van der Waals surface area (Å²) in [6.45, 7) is 1.72. The first-order valence-electron chi connectivity index (χ1n) is 9.72. The number of benzene rings is 3. The first kappa shape index (κ1) is 19.8. The fourth-order valence-electron chi connectivity index (χ4n) is 3.87. The highest BCUT2D eigenvalue weighted by Gasteiger charge is 2.51. The summed E-state index contributed by atoms with van der Waals surface area (Å²) in [5.41, 5.74) is 0.482. The highest BCUT2D eigenvalue weighted by Crippen LogP contribution is 2.44. The van der Waals surface area contributed by atoms with Crippen LogP contribution < -0.4 is 10.2 Å². The van der Waals surface area contributed by atoms with Crippen molar-refractivity contribution in [2.24, 2.45) is 0 Å². The number of fused-ring (bicyclic) bond motifs is 1. The van der Waals surface area contributed by atoms with E-state index in [-0.39, 0.29) is 18.0 Å². The van der Waals surface area contributed by atoms with Gasteiger partial charge < -0.3 is 10.4 Å². The Balaban J connectivity index is 1.66. The molecule has 5 nitrogen and oxygen atoms in total. The fourth-order valence-corrected chi connectivity index (χ4v) is 3.87. The Hall–Kier alpha value is -3.51. The maximum absolute atomic E-state index is 13.8. The summed E-state index contributed by atoms with van der Waals surface area (Å²) >= 11 is 0. The second-order valence-corrected chi connectivity index (χ2v) is 7.19. The van der Waals surface area contributed by atoms with Crippen LogP contribution in [0.4, 0.5) is 15.8 Å². The number of amides is 2. The smallest absolute Gasteiger partial charge is 0.268 e. The highest BCUT2D eigenvalue weighted by atomic mass is 19.1. The van der Waals surface area contributed by atoms with E-state index < -0.39 is 17.3 Å². The minimum atomic E-state index is -2.06. The molecule has 2 N–H and O–H groups in total. The van der Waals surface area contributed by atoms with Crippen molar-refractivity contribution < 1.29 is 19.1 Å². The molecule has 0 aliphatic carbocycles. The number of carbonyl (C=O) groups excluding carboxylic acids is 2. The van der Waals surface area contributed by atoms with Gasteiger partial charge in [-0.25, -0.2) is 4.39 Å². The van der Waals surface area contributed by atoms with Crippen LogP contribution in [0.2, 0.25) is 0 Å². The van der Waals surface area contributed by atoms with Gasteiger partial charge in [0, 0.05) is 16.8 Å². The van der Waals surface area contributed by atoms with Crippen LogP contribution in [0.5, 0.6) is 0 Å². The van der Waals surface area contributed by atoms with E-state index in [1.54, 1.807) is 30.3 Å². The molecule has 6 heteroatoms. The molecule has 152 valence electrons. The van der Waals surface area contributed by atoms with Gasteiger partial charge in [-0.3, -0.25) is 14.5 Å². The van der Waals surface area contributed by atoms with Gasteiger partial charge in [0.25, 0.3) is 5.91 Å². The van der Waals surface area contributed by atoms with Crippen LogP contribution in [0.3, 0.4) is 0 Å². The lowest BCUT2D eigenvalue weighted by molar-refractivity contribution is -0.133. The van der Waals surface area contributed by atoms with E-state index in [0.29, 0.717) is 16.9 Å². The van der Waals surface area contributed by atoms with Gasteiger partial charge in [-0.05, 0) is 36.2 Å². The number of carbonyl (C=O) groups is 2. The van der Waals surface area contributed by atoms with E-state index >= 15 is 0 Å². The Morgan fingerprint density at radius 2 is 1.80 bits per heavy atom. The predicted molar refractivity (Wildman–Crippen MR) is 113 cm³/mol. The molecule has 3 aromatic carbocycles. The van der Waals surface area contributed by atoms with Crippen molar-refractivity contribution in [3.63, 3.8) is 0 Å². The Bertz CT molecular complexity index is 1130. The van der Waals surface area contributed by atoms with Crippen molar-refractivity contribution in [2.75, 3.05) is 16.8 Å². The molecular weight excluding hydrogens is 383 g/mol. The summed E-state index contributed by atoms with van der Waals surface area (Å²) in [4.78, 5) is 27.3. The molecule has 4 rings (SSSR count). The van der Waals surface area contributed by atoms with Crippen molar-refractivity contribution in [1.82, 2.24) is 0 Å². The minimum Gasteiger partial charge on any atom is -0.372 e. The first-order chi connectivity index (χ1) is 14.4. The summed E-state index contributed by atoms with van der Waals surface area (Å²) in [6.07, 6.45) is 0.751. The third-order valence-electron chi connectivity index (χ3n) is 5.36. The van der Waals surface area contributed by atoms with E-state index in [1.807, 2.05) is 25.1 Å². The summed E-state index contributed by atoms with van der Waals surface area (Å²) in [7, 11) is 0. The second-order valence-electron chi connectivity index (χ2n) is 7.19. The van der Waals surface area contributed by atoms with Crippen molar-refractivity contribution in [1.29, 1.82) is 0 Å². The molecule has 1 aliphatic heterocycles. The fraction of sp³-hybridized carbons (Fsp3) is 0.167. The number of halogens is 1. The van der Waals surface area contributed by atoms with E-state index in [4.69, 9.17) is 0 Å². The third-order valence-corrected chi connectivity index (χ3v) is 5.36. The van der Waals surface area contributed by atoms with E-state index in [1.165, 1.54) is 23.1 Å². The lowest BCUT2D eigenvalue weighted by Gasteiger charge is -2.23. The van der Waals surface area contributed by atoms with Crippen LogP contribution in [0, 0.1) is 5.82 Å². The number of aliphatic hydroxyl groups is 1. The van der Waals surface area contributed by atoms with Gasteiger partial charge in [0.2, 0.25) is 5.91 Å². The average Bonchev–Trinajstić information content (AvgIpc) is 2.97. The van der Waals surface area contributed by atoms with Gasteiger partial charge in [0.05, 0.1) is 5.69 Å². The number of aryl methyl sites for hydroxylation is 1. The predicted octanol–water partition coefficient (Wildman–Crippen LogP) is 3.61. The lowest BCUT2D eigenvalue weighted by Crippen LogP contribution is -2.44. The number of nitrogens with zero attached hydrogens (tertiary/aromatic N) is 1. The van der Waals surface area contributed by atoms with Gasteiger partial charge in [-0.2, -0.15) is 0 Å². The average molecular weight is 404 g/mol. The molecule has 1 unspecified atom stereocenters. The van der Waals surface area contributed by atoms with Crippen LogP contribution in [0.1, 0.15) is 23.6 Å². The zero-order valence-corrected chi connectivity index (χ0v) is 16.4. The quantitative estimate of drug-likeness (QED) is 0.683. The normalized spacial score (nSPS) is 17.7. The number of nitrogens with one attached hydrogen (secondary N) is 1. The molecule has 2 amide bonds. The van der Waals surface area contributed by atoms with Crippen molar-refractivity contribution in [2.45, 2.75) is 18.9 Å². The highest BCUT2D eigenvalue weighted by molar-refractivity contribution is 6.12. The maximum atomic E-state index is 13.8. The zero-order chi connectivity index (χ0) is 21.3. The second kappa shape index (κ2) is 7.72. The summed E-state index contributed by atoms with van der Waals surface area (Å²) in [6, 6.07) is 19.5. The molecule has 0 saturated carbocycles. The van der Waals surface area contributed by atoms with Gasteiger partial charge >= 0.3 is 0 Å². The Labute approximate surface area is 173 Å². The summed E-state index contributed by atoms with van der Waals surface area (Å²) < 4.78 is 13.8. The van der Waals surface area contributed by atoms with E-state index in [2.05, 4.69) is 5.32 Å². The van der Waals surface area contributed by atoms with Crippen LogP contribution in [-0.2, 0) is 21.6 Å². The Morgan fingerprint density at radius 3 is 2.57 bits per heavy atom. The minimum absolute atomic E-state index is 0.124. The van der Waals surface area contributed by atoms with Gasteiger partial charge in [0.1, 0.15) is 12.4 Å². The standard InChI is InChI=1S/C24H21FN2O3/c1-2-16-8-3-5-12-20(16)26-22(28)15-27-21-13-6-4-11-19(21)24(30,23(27)29)17-9-7-10-18(25)14-17/h3-14,30H,2,15H2,1H3,(H,26,28). The number of para-hydroxylation sites is 2. The largest absolute Gasteiger partial charge is 0.372 e. The summed E-state index contributed by atoms with van der Waals surface area (Å²) in [5, 5.41) is 14.2. The molecule has 0 radical (unpaired) electrons. The van der Waals surface area contributed by atoms with Crippen LogP contribution in [-0.4, -0.2) is 23.5 Å². The lowest BCUT2D eigenvalue weighted by atomic mass is 9.87. The van der Waals surface area contributed by atoms with Gasteiger partial charge in [-0.1, -0.05) is 55.5 Å². The molecular formula is C24H21FN2O3. The summed E-state index contributed by atoms with van der Waals surface area (Å²) in [5.74, 6) is -1.63. The maximum Gasteiger partial charge on any atom is 0.268 e. The monoisotopic (exact) mass is 404 g/mol. The molecule has 1 aliphatic rings. The molecule has 30 heavy (non-hydrogen) atoms. The molecule has 0 spiro atoms. The van der Waals surface area contributed by atoms with Crippen LogP contribution >= 0.6 is 0 Å². The van der Waals surface area contributed by atoms with Crippen molar-refractivity contribution >= 4 is 23.2 Å². The van der Waals surface area contributed by atoms with Gasteiger partial charge in [0.15, 0.2) is 5.60 Å². The molecule has 1 heterocycles. The van der Waals surface area contributed by atoms with Crippen molar-refractivity contribution in [3.8, 4) is 0 Å². The molecule has 0 saturated heterocycles. The molecule has 3 aromatic rings. The topological polar surface area (TPSA) is 69.6 Å². The number of hydrogen-bond donors (Lipinski definition) is 2. The SMILES string of the molecule is CCc1ccccc1NC(=O)CN1C(=O)C(O)(c2cccc(F)c2)c2ccccc21. The van der Waals surface area contributed by atoms with E-state index in [9.17, 15) is 19.1 Å². The molecule has 0 bridgehead atoms. The number of hydrogen-bond acceptors (Lipinski definition) is 3. The molecule has 0 fully saturated rings. The Kier molecular flexibility index (Phi) is 5.10. The zero-order valence-electron chi connectivity index (χ0n) is 16.4. The van der Waals surface area contributed by atoms with Crippen LogP contribution in [0.15, 0.2) is 72.8 Å². The van der Waals surface area contributed by atoms with Crippen LogP contribution in [0.25, 0.3) is 0 Å². The number of anilines is 2. The third kappa shape index (κ3) is 3.25. The van der Waals surface area contributed by atoms with E-state index in [0.717, 1.165) is 18.1 Å². The molecule has 0 aromatic heterocycles. The first-order valence-corrected chi connectivity index (χ1v) is 9.72. The number of rotatable bonds is 5. The Morgan fingerprint density at radius 1 is 1.07 bits per heavy atom. The van der Waals surface area contributed by atoms with Crippen molar-refractivity contribution in [3.05, 3.63) is 95.3 Å². The van der Waals surface area contributed by atoms with Gasteiger partial charge in [-0.15, -0.1) is 0 Å².